The second-order valence-electron chi connectivity index (χ2n) is 8.13. The Hall–Kier alpha value is -3.26. The third-order valence-corrected chi connectivity index (χ3v) is 6.36. The first-order chi connectivity index (χ1) is 14.0. The molecule has 5 aromatic rings. The van der Waals surface area contributed by atoms with Gasteiger partial charge in [0, 0.05) is 16.3 Å². The molecular formula is C27H24N2. The molecule has 5 rings (SSSR count). The Labute approximate surface area is 171 Å². The molecule has 2 nitrogen and oxygen atoms in total. The van der Waals surface area contributed by atoms with Gasteiger partial charge in [-0.25, -0.2) is 4.98 Å². The predicted molar refractivity (Wildman–Crippen MR) is 124 cm³/mol. The zero-order valence-corrected chi connectivity index (χ0v) is 17.6. The van der Waals surface area contributed by atoms with Gasteiger partial charge in [0.05, 0.1) is 22.9 Å². The van der Waals surface area contributed by atoms with Gasteiger partial charge in [0.1, 0.15) is 0 Å². The molecule has 0 saturated heterocycles. The summed E-state index contributed by atoms with van der Waals surface area (Å²) in [4.78, 5) is 10.1. The summed E-state index contributed by atoms with van der Waals surface area (Å²) in [6.07, 6.45) is 1.92. The van der Waals surface area contributed by atoms with Crippen molar-refractivity contribution in [1.29, 1.82) is 0 Å². The van der Waals surface area contributed by atoms with Gasteiger partial charge in [-0.3, -0.25) is 4.98 Å². The lowest BCUT2D eigenvalue weighted by molar-refractivity contribution is 1.29. The van der Waals surface area contributed by atoms with E-state index in [1.165, 1.54) is 49.4 Å². The Morgan fingerprint density at radius 2 is 1.34 bits per heavy atom. The summed E-state index contributed by atoms with van der Waals surface area (Å²) in [5.74, 6) is 0. The lowest BCUT2D eigenvalue weighted by Gasteiger charge is -2.18. The molecule has 2 heteroatoms. The van der Waals surface area contributed by atoms with Gasteiger partial charge in [0.15, 0.2) is 0 Å². The molecule has 4 aromatic carbocycles. The van der Waals surface area contributed by atoms with E-state index in [0.29, 0.717) is 0 Å². The van der Waals surface area contributed by atoms with E-state index in [-0.39, 0.29) is 0 Å². The highest BCUT2D eigenvalue weighted by molar-refractivity contribution is 6.26. The van der Waals surface area contributed by atoms with Crippen molar-refractivity contribution in [2.45, 2.75) is 34.6 Å². The van der Waals surface area contributed by atoms with Crippen molar-refractivity contribution in [1.82, 2.24) is 9.97 Å². The molecule has 0 radical (unpaired) electrons. The van der Waals surface area contributed by atoms with Gasteiger partial charge >= 0.3 is 0 Å². The first-order valence-corrected chi connectivity index (χ1v) is 10.1. The Morgan fingerprint density at radius 3 is 2.10 bits per heavy atom. The minimum Gasteiger partial charge on any atom is -0.252 e. The van der Waals surface area contributed by atoms with E-state index in [9.17, 15) is 0 Å². The number of nitrogens with zero attached hydrogens (tertiary/aromatic N) is 2. The standard InChI is InChI=1S/C27H24N2/c1-15-11-12-21-24(18(15)4)25-19(5)16(2)13-17(3)23(25)27-26(21)29-22(14-28-27)20-9-7-6-8-10-20/h6-14H,1-5H3. The molecule has 29 heavy (non-hydrogen) atoms. The van der Waals surface area contributed by atoms with Crippen LogP contribution in [0.4, 0.5) is 0 Å². The second kappa shape index (κ2) is 6.38. The summed E-state index contributed by atoms with van der Waals surface area (Å²) in [7, 11) is 0. The summed E-state index contributed by atoms with van der Waals surface area (Å²) in [5, 5.41) is 5.06. The highest BCUT2D eigenvalue weighted by Crippen LogP contribution is 2.40. The number of rotatable bonds is 1. The van der Waals surface area contributed by atoms with Crippen molar-refractivity contribution >= 4 is 32.6 Å². The van der Waals surface area contributed by atoms with Crippen molar-refractivity contribution in [2.75, 3.05) is 0 Å². The zero-order chi connectivity index (χ0) is 20.3. The molecule has 0 N–H and O–H groups in total. The van der Waals surface area contributed by atoms with E-state index in [0.717, 1.165) is 22.3 Å². The Balaban J connectivity index is 2.06. The van der Waals surface area contributed by atoms with Crippen LogP contribution in [0, 0.1) is 34.6 Å². The Bertz CT molecular complexity index is 1430. The van der Waals surface area contributed by atoms with Crippen LogP contribution >= 0.6 is 0 Å². The summed E-state index contributed by atoms with van der Waals surface area (Å²) < 4.78 is 0. The topological polar surface area (TPSA) is 25.8 Å². The largest absolute Gasteiger partial charge is 0.252 e. The van der Waals surface area contributed by atoms with Gasteiger partial charge in [-0.15, -0.1) is 0 Å². The average Bonchev–Trinajstić information content (AvgIpc) is 2.74. The number of benzene rings is 4. The van der Waals surface area contributed by atoms with Crippen molar-refractivity contribution < 1.29 is 0 Å². The van der Waals surface area contributed by atoms with E-state index < -0.39 is 0 Å². The molecule has 1 heterocycles. The smallest absolute Gasteiger partial charge is 0.0979 e. The third-order valence-electron chi connectivity index (χ3n) is 6.36. The van der Waals surface area contributed by atoms with Gasteiger partial charge in [0.2, 0.25) is 0 Å². The van der Waals surface area contributed by atoms with Crippen LogP contribution in [-0.2, 0) is 0 Å². The van der Waals surface area contributed by atoms with Crippen LogP contribution in [0.15, 0.2) is 54.7 Å². The average molecular weight is 377 g/mol. The Kier molecular flexibility index (Phi) is 3.92. The molecule has 0 aliphatic heterocycles. The summed E-state index contributed by atoms with van der Waals surface area (Å²) in [5.41, 5.74) is 10.6. The molecule has 0 fully saturated rings. The van der Waals surface area contributed by atoms with Crippen LogP contribution in [0.2, 0.25) is 0 Å². The van der Waals surface area contributed by atoms with E-state index in [4.69, 9.17) is 9.97 Å². The number of fused-ring (bicyclic) bond motifs is 6. The molecule has 0 saturated carbocycles. The predicted octanol–water partition coefficient (Wildman–Crippen LogP) is 7.15. The molecule has 0 aliphatic rings. The van der Waals surface area contributed by atoms with Crippen LogP contribution in [0.25, 0.3) is 43.8 Å². The van der Waals surface area contributed by atoms with E-state index >= 15 is 0 Å². The van der Waals surface area contributed by atoms with Crippen molar-refractivity contribution in [3.63, 3.8) is 0 Å². The van der Waals surface area contributed by atoms with Crippen molar-refractivity contribution in [3.05, 3.63) is 82.5 Å². The molecule has 0 unspecified atom stereocenters. The molecule has 0 atom stereocenters. The third kappa shape index (κ3) is 2.56. The van der Waals surface area contributed by atoms with E-state index in [2.05, 4.69) is 65.0 Å². The fourth-order valence-corrected chi connectivity index (χ4v) is 4.55. The highest BCUT2D eigenvalue weighted by atomic mass is 14.8. The number of aryl methyl sites for hydroxylation is 5. The lowest BCUT2D eigenvalue weighted by Crippen LogP contribution is -1.98. The normalized spacial score (nSPS) is 11.6. The first kappa shape index (κ1) is 17.8. The van der Waals surface area contributed by atoms with Gasteiger partial charge in [0.25, 0.3) is 0 Å². The van der Waals surface area contributed by atoms with Crippen LogP contribution in [-0.4, -0.2) is 9.97 Å². The number of hydrogen-bond acceptors (Lipinski definition) is 2. The maximum Gasteiger partial charge on any atom is 0.0979 e. The van der Waals surface area contributed by atoms with E-state index in [1.807, 2.05) is 24.4 Å². The minimum absolute atomic E-state index is 0.915. The summed E-state index contributed by atoms with van der Waals surface area (Å²) in [6, 6.07) is 17.0. The highest BCUT2D eigenvalue weighted by Gasteiger charge is 2.18. The monoisotopic (exact) mass is 376 g/mol. The van der Waals surface area contributed by atoms with Gasteiger partial charge < -0.3 is 0 Å². The fourth-order valence-electron chi connectivity index (χ4n) is 4.55. The minimum atomic E-state index is 0.915. The molecular weight excluding hydrogens is 352 g/mol. The fraction of sp³-hybridized carbons (Fsp3) is 0.185. The molecule has 0 amide bonds. The van der Waals surface area contributed by atoms with Crippen LogP contribution in [0.5, 0.6) is 0 Å². The van der Waals surface area contributed by atoms with Crippen LogP contribution in [0.1, 0.15) is 27.8 Å². The molecule has 142 valence electrons. The van der Waals surface area contributed by atoms with Gasteiger partial charge in [-0.1, -0.05) is 48.5 Å². The lowest BCUT2D eigenvalue weighted by atomic mass is 9.88. The van der Waals surface area contributed by atoms with Crippen LogP contribution < -0.4 is 0 Å². The first-order valence-electron chi connectivity index (χ1n) is 10.1. The second-order valence-corrected chi connectivity index (χ2v) is 8.13. The maximum absolute atomic E-state index is 5.13. The number of hydrogen-bond donors (Lipinski definition) is 0. The molecule has 0 spiro atoms. The molecule has 0 bridgehead atoms. The number of aromatic nitrogens is 2. The Morgan fingerprint density at radius 1 is 0.621 bits per heavy atom. The van der Waals surface area contributed by atoms with Crippen molar-refractivity contribution in [3.8, 4) is 11.3 Å². The maximum atomic E-state index is 5.13. The van der Waals surface area contributed by atoms with Gasteiger partial charge in [-0.2, -0.15) is 0 Å². The van der Waals surface area contributed by atoms with Crippen LogP contribution in [0.3, 0.4) is 0 Å². The molecule has 1 aromatic heterocycles. The quantitative estimate of drug-likeness (QED) is 0.290. The van der Waals surface area contributed by atoms with Crippen molar-refractivity contribution in [2.24, 2.45) is 0 Å². The molecule has 0 aliphatic carbocycles. The zero-order valence-electron chi connectivity index (χ0n) is 17.6. The van der Waals surface area contributed by atoms with Gasteiger partial charge in [-0.05, 0) is 73.2 Å². The summed E-state index contributed by atoms with van der Waals surface area (Å²) >= 11 is 0. The van der Waals surface area contributed by atoms with E-state index in [1.54, 1.807) is 0 Å². The SMILES string of the molecule is Cc1ccc2c3nc(-c4ccccc4)cnc3c3c(C)cc(C)c(C)c3c2c1C. The summed E-state index contributed by atoms with van der Waals surface area (Å²) in [6.45, 7) is 11.0.